The molecule has 4 nitrogen and oxygen atoms in total. The predicted molar refractivity (Wildman–Crippen MR) is 118 cm³/mol. The van der Waals surface area contributed by atoms with Crippen LogP contribution >= 0.6 is 23.4 Å². The Bertz CT molecular complexity index is 1100. The van der Waals surface area contributed by atoms with E-state index < -0.39 is 0 Å². The molecule has 1 aliphatic heterocycles. The summed E-state index contributed by atoms with van der Waals surface area (Å²) in [7, 11) is 0. The minimum absolute atomic E-state index is 0.00144. The second kappa shape index (κ2) is 8.31. The lowest BCUT2D eigenvalue weighted by molar-refractivity contribution is 0.0982. The van der Waals surface area contributed by atoms with E-state index in [4.69, 9.17) is 11.6 Å². The fourth-order valence-corrected chi connectivity index (χ4v) is 4.63. The molecular weight excluding hydrogens is 404 g/mol. The molecule has 0 aliphatic carbocycles. The van der Waals surface area contributed by atoms with E-state index in [1.165, 1.54) is 11.8 Å². The Balaban J connectivity index is 1.71. The smallest absolute Gasteiger partial charge is 0.259 e. The minimum Gasteiger partial charge on any atom is -0.322 e. The third-order valence-electron chi connectivity index (χ3n) is 4.66. The normalized spacial score (nSPS) is 12.8. The number of nitrogens with one attached hydrogen (secondary N) is 1. The third kappa shape index (κ3) is 3.88. The summed E-state index contributed by atoms with van der Waals surface area (Å²) < 4.78 is 0. The molecule has 3 aromatic rings. The molecule has 0 bridgehead atoms. The topological polar surface area (TPSA) is 49.4 Å². The maximum Gasteiger partial charge on any atom is 0.259 e. The fourth-order valence-electron chi connectivity index (χ4n) is 3.29. The highest BCUT2D eigenvalue weighted by Crippen LogP contribution is 2.42. The Morgan fingerprint density at radius 1 is 1.03 bits per heavy atom. The maximum atomic E-state index is 13.1. The predicted octanol–water partition coefficient (Wildman–Crippen LogP) is 6.11. The van der Waals surface area contributed by atoms with Crippen LogP contribution in [0.2, 0.25) is 5.02 Å². The van der Waals surface area contributed by atoms with Gasteiger partial charge >= 0.3 is 0 Å². The summed E-state index contributed by atoms with van der Waals surface area (Å²) in [5, 5.41) is 3.32. The van der Waals surface area contributed by atoms with Crippen LogP contribution in [0.1, 0.15) is 34.1 Å². The number of carbonyl (C=O) groups is 2. The number of fused-ring (bicyclic) bond motifs is 2. The van der Waals surface area contributed by atoms with Crippen molar-refractivity contribution in [3.05, 3.63) is 82.9 Å². The summed E-state index contributed by atoms with van der Waals surface area (Å²) in [6.07, 6.45) is 0.850. The van der Waals surface area contributed by atoms with E-state index in [2.05, 4.69) is 12.2 Å². The van der Waals surface area contributed by atoms with Crippen molar-refractivity contribution in [1.29, 1.82) is 0 Å². The van der Waals surface area contributed by atoms with Crippen LogP contribution in [-0.2, 0) is 0 Å². The summed E-state index contributed by atoms with van der Waals surface area (Å²) in [5.41, 5.74) is 2.63. The molecule has 146 valence electrons. The van der Waals surface area contributed by atoms with Crippen LogP contribution < -0.4 is 10.2 Å². The van der Waals surface area contributed by atoms with E-state index in [0.29, 0.717) is 28.4 Å². The van der Waals surface area contributed by atoms with Gasteiger partial charge in [0.05, 0.1) is 21.8 Å². The molecule has 6 heteroatoms. The number of benzene rings is 3. The Morgan fingerprint density at radius 2 is 1.79 bits per heavy atom. The molecule has 1 heterocycles. The second-order valence-electron chi connectivity index (χ2n) is 6.67. The molecule has 0 radical (unpaired) electrons. The molecule has 29 heavy (non-hydrogen) atoms. The van der Waals surface area contributed by atoms with Crippen molar-refractivity contribution in [2.24, 2.45) is 0 Å². The number of nitrogens with zero attached hydrogens (tertiary/aromatic N) is 1. The van der Waals surface area contributed by atoms with Gasteiger partial charge in [-0.15, -0.1) is 0 Å². The number of halogens is 1. The number of hydrogen-bond donors (Lipinski definition) is 1. The SMILES string of the molecule is CCCN1C(=O)c2ccccc2Sc2cc(NC(=O)c3ccccc3Cl)ccc21. The number of amides is 2. The molecule has 1 aliphatic rings. The molecule has 2 amide bonds. The first kappa shape index (κ1) is 19.6. The molecule has 0 aromatic heterocycles. The van der Waals surface area contributed by atoms with Crippen LogP contribution in [-0.4, -0.2) is 18.4 Å². The third-order valence-corrected chi connectivity index (χ3v) is 6.11. The Morgan fingerprint density at radius 3 is 2.59 bits per heavy atom. The highest BCUT2D eigenvalue weighted by Gasteiger charge is 2.27. The number of rotatable bonds is 4. The molecule has 0 fully saturated rings. The van der Waals surface area contributed by atoms with Gasteiger partial charge in [-0.1, -0.05) is 54.6 Å². The average Bonchev–Trinajstić information content (AvgIpc) is 2.83. The molecule has 0 saturated heterocycles. The minimum atomic E-state index is -0.268. The van der Waals surface area contributed by atoms with Crippen LogP contribution in [0.4, 0.5) is 11.4 Å². The van der Waals surface area contributed by atoms with Crippen LogP contribution in [0.3, 0.4) is 0 Å². The van der Waals surface area contributed by atoms with Gasteiger partial charge in [0, 0.05) is 22.0 Å². The molecule has 0 atom stereocenters. The van der Waals surface area contributed by atoms with Crippen LogP contribution in [0, 0.1) is 0 Å². The number of carbonyl (C=O) groups excluding carboxylic acids is 2. The van der Waals surface area contributed by atoms with E-state index in [1.807, 2.05) is 47.4 Å². The lowest BCUT2D eigenvalue weighted by atomic mass is 10.1. The zero-order valence-corrected chi connectivity index (χ0v) is 17.4. The van der Waals surface area contributed by atoms with Crippen LogP contribution in [0.15, 0.2) is 76.5 Å². The fraction of sp³-hybridized carbons (Fsp3) is 0.130. The zero-order chi connectivity index (χ0) is 20.4. The molecule has 4 rings (SSSR count). The van der Waals surface area contributed by atoms with Crippen molar-refractivity contribution in [2.45, 2.75) is 23.1 Å². The van der Waals surface area contributed by atoms with E-state index in [-0.39, 0.29) is 11.8 Å². The Labute approximate surface area is 178 Å². The highest BCUT2D eigenvalue weighted by atomic mass is 35.5. The van der Waals surface area contributed by atoms with Crippen molar-refractivity contribution < 1.29 is 9.59 Å². The van der Waals surface area contributed by atoms with Crippen LogP contribution in [0.5, 0.6) is 0 Å². The van der Waals surface area contributed by atoms with Gasteiger partial charge in [-0.3, -0.25) is 9.59 Å². The standard InChI is InChI=1S/C23H19ClN2O2S/c1-2-13-26-19-12-11-15(25-22(27)16-7-3-5-9-18(16)24)14-21(19)29-20-10-6-4-8-17(20)23(26)28/h3-12,14H,2,13H2,1H3,(H,25,27). The van der Waals surface area contributed by atoms with Crippen LogP contribution in [0.25, 0.3) is 0 Å². The van der Waals surface area contributed by atoms with Crippen molar-refractivity contribution in [2.75, 3.05) is 16.8 Å². The lowest BCUT2D eigenvalue weighted by Gasteiger charge is -2.22. The second-order valence-corrected chi connectivity index (χ2v) is 8.16. The van der Waals surface area contributed by atoms with Crippen molar-refractivity contribution in [3.63, 3.8) is 0 Å². The summed E-state index contributed by atoms with van der Waals surface area (Å²) in [6.45, 7) is 2.68. The summed E-state index contributed by atoms with van der Waals surface area (Å²) in [6, 6.07) is 20.2. The summed E-state index contributed by atoms with van der Waals surface area (Å²) in [5.74, 6) is -0.266. The largest absolute Gasteiger partial charge is 0.322 e. The lowest BCUT2D eigenvalue weighted by Crippen LogP contribution is -2.31. The maximum absolute atomic E-state index is 13.1. The van der Waals surface area contributed by atoms with Gasteiger partial charge in [-0.2, -0.15) is 0 Å². The van der Waals surface area contributed by atoms with Gasteiger partial charge < -0.3 is 10.2 Å². The highest BCUT2D eigenvalue weighted by molar-refractivity contribution is 7.99. The Kier molecular flexibility index (Phi) is 5.60. The van der Waals surface area contributed by atoms with Gasteiger partial charge in [-0.25, -0.2) is 0 Å². The quantitative estimate of drug-likeness (QED) is 0.551. The van der Waals surface area contributed by atoms with Crippen molar-refractivity contribution in [1.82, 2.24) is 0 Å². The van der Waals surface area contributed by atoms with E-state index in [9.17, 15) is 9.59 Å². The molecular formula is C23H19ClN2O2S. The summed E-state index contributed by atoms with van der Waals surface area (Å²) >= 11 is 7.68. The van der Waals surface area contributed by atoms with E-state index in [0.717, 1.165) is 21.9 Å². The van der Waals surface area contributed by atoms with Crippen molar-refractivity contribution in [3.8, 4) is 0 Å². The first-order valence-electron chi connectivity index (χ1n) is 9.37. The zero-order valence-electron chi connectivity index (χ0n) is 15.8. The average molecular weight is 423 g/mol. The van der Waals surface area contributed by atoms with Gasteiger partial charge in [0.25, 0.3) is 11.8 Å². The van der Waals surface area contributed by atoms with Gasteiger partial charge in [0.15, 0.2) is 0 Å². The first-order valence-corrected chi connectivity index (χ1v) is 10.6. The Hall–Kier alpha value is -2.76. The molecule has 1 N–H and O–H groups in total. The van der Waals surface area contributed by atoms with E-state index in [1.54, 1.807) is 24.3 Å². The molecule has 0 unspecified atom stereocenters. The van der Waals surface area contributed by atoms with Gasteiger partial charge in [0.2, 0.25) is 0 Å². The van der Waals surface area contributed by atoms with Gasteiger partial charge in [-0.05, 0) is 48.9 Å². The number of anilines is 2. The number of hydrogen-bond acceptors (Lipinski definition) is 3. The monoisotopic (exact) mass is 422 g/mol. The van der Waals surface area contributed by atoms with Gasteiger partial charge in [0.1, 0.15) is 0 Å². The first-order chi connectivity index (χ1) is 14.1. The van der Waals surface area contributed by atoms with E-state index >= 15 is 0 Å². The molecule has 0 spiro atoms. The molecule has 0 saturated carbocycles. The summed E-state index contributed by atoms with van der Waals surface area (Å²) in [4.78, 5) is 29.4. The van der Waals surface area contributed by atoms with Crippen molar-refractivity contribution >= 4 is 46.6 Å². The molecule has 3 aromatic carbocycles.